The van der Waals surface area contributed by atoms with Crippen LogP contribution in [-0.4, -0.2) is 39.4 Å². The van der Waals surface area contributed by atoms with E-state index in [2.05, 4.69) is 15.5 Å². The molecule has 0 aromatic carbocycles. The Morgan fingerprint density at radius 3 is 2.85 bits per heavy atom. The van der Waals surface area contributed by atoms with E-state index in [0.717, 1.165) is 6.42 Å². The van der Waals surface area contributed by atoms with Crippen molar-refractivity contribution >= 4 is 11.8 Å². The van der Waals surface area contributed by atoms with Crippen LogP contribution in [0.2, 0.25) is 0 Å². The Bertz CT molecular complexity index is 500. The van der Waals surface area contributed by atoms with Crippen LogP contribution in [0.5, 0.6) is 0 Å². The molecule has 0 radical (unpaired) electrons. The molecule has 7 nitrogen and oxygen atoms in total. The summed E-state index contributed by atoms with van der Waals surface area (Å²) in [4.78, 5) is 30.0. The van der Waals surface area contributed by atoms with E-state index in [0.29, 0.717) is 24.7 Å². The summed E-state index contributed by atoms with van der Waals surface area (Å²) in [5, 5.41) is 6.51. The molecule has 1 saturated heterocycles. The number of nitrogens with one attached hydrogen (secondary N) is 1. The van der Waals surface area contributed by atoms with Crippen LogP contribution in [-0.2, 0) is 16.1 Å². The van der Waals surface area contributed by atoms with Crippen LogP contribution in [0.25, 0.3) is 0 Å². The van der Waals surface area contributed by atoms with Crippen LogP contribution >= 0.6 is 0 Å². The van der Waals surface area contributed by atoms with E-state index in [-0.39, 0.29) is 24.3 Å². The minimum Gasteiger partial charge on any atom is -0.344 e. The summed E-state index contributed by atoms with van der Waals surface area (Å²) >= 11 is 0. The lowest BCUT2D eigenvalue weighted by atomic mass is 9.98. The van der Waals surface area contributed by atoms with Crippen LogP contribution < -0.4 is 5.32 Å². The summed E-state index contributed by atoms with van der Waals surface area (Å²) in [6.45, 7) is 6.31. The van der Waals surface area contributed by atoms with Crippen molar-refractivity contribution in [3.05, 3.63) is 11.7 Å². The van der Waals surface area contributed by atoms with Gasteiger partial charge in [0.25, 0.3) is 0 Å². The molecule has 110 valence electrons. The highest BCUT2D eigenvalue weighted by molar-refractivity contribution is 5.90. The third-order valence-electron chi connectivity index (χ3n) is 3.61. The SMILES string of the molecule is CCC(C)C1NC(=O)CCN(Cc2nc(C)no2)C1=O. The van der Waals surface area contributed by atoms with E-state index in [1.807, 2.05) is 13.8 Å². The Labute approximate surface area is 117 Å². The van der Waals surface area contributed by atoms with E-state index in [1.54, 1.807) is 11.8 Å². The summed E-state index contributed by atoms with van der Waals surface area (Å²) in [7, 11) is 0. The second-order valence-electron chi connectivity index (χ2n) is 5.18. The van der Waals surface area contributed by atoms with Gasteiger partial charge in [0, 0.05) is 13.0 Å². The lowest BCUT2D eigenvalue weighted by Gasteiger charge is -2.26. The first kappa shape index (κ1) is 14.5. The second-order valence-corrected chi connectivity index (χ2v) is 5.18. The van der Waals surface area contributed by atoms with Gasteiger partial charge < -0.3 is 14.7 Å². The second kappa shape index (κ2) is 6.02. The highest BCUT2D eigenvalue weighted by Gasteiger charge is 2.33. The lowest BCUT2D eigenvalue weighted by Crippen LogP contribution is -2.48. The molecule has 0 bridgehead atoms. The van der Waals surface area contributed by atoms with Crippen molar-refractivity contribution in [2.45, 2.75) is 46.2 Å². The summed E-state index contributed by atoms with van der Waals surface area (Å²) in [6.07, 6.45) is 1.12. The molecule has 1 fully saturated rings. The van der Waals surface area contributed by atoms with E-state index in [1.165, 1.54) is 0 Å². The Morgan fingerprint density at radius 1 is 1.50 bits per heavy atom. The van der Waals surface area contributed by atoms with Gasteiger partial charge in [0.2, 0.25) is 17.7 Å². The Kier molecular flexibility index (Phi) is 4.36. The molecular weight excluding hydrogens is 260 g/mol. The Hall–Kier alpha value is -1.92. The third kappa shape index (κ3) is 3.15. The molecule has 0 spiro atoms. The van der Waals surface area contributed by atoms with Crippen LogP contribution in [0.3, 0.4) is 0 Å². The zero-order valence-corrected chi connectivity index (χ0v) is 12.0. The smallest absolute Gasteiger partial charge is 0.246 e. The summed E-state index contributed by atoms with van der Waals surface area (Å²) in [5.74, 6) is 0.855. The Morgan fingerprint density at radius 2 is 2.25 bits per heavy atom. The van der Waals surface area contributed by atoms with E-state index < -0.39 is 6.04 Å². The molecule has 2 amide bonds. The van der Waals surface area contributed by atoms with Gasteiger partial charge in [0.15, 0.2) is 5.82 Å². The maximum Gasteiger partial charge on any atom is 0.246 e. The first-order valence-corrected chi connectivity index (χ1v) is 6.88. The zero-order valence-electron chi connectivity index (χ0n) is 12.0. The maximum atomic E-state index is 12.5. The number of amides is 2. The van der Waals surface area contributed by atoms with Gasteiger partial charge in [-0.05, 0) is 12.8 Å². The summed E-state index contributed by atoms with van der Waals surface area (Å²) in [6, 6.07) is -0.473. The van der Waals surface area contributed by atoms with Crippen LogP contribution in [0, 0.1) is 12.8 Å². The molecule has 1 aromatic rings. The van der Waals surface area contributed by atoms with E-state index >= 15 is 0 Å². The molecule has 2 unspecified atom stereocenters. The normalized spacial score (nSPS) is 21.6. The molecule has 7 heteroatoms. The molecule has 1 aliphatic heterocycles. The fourth-order valence-corrected chi connectivity index (χ4v) is 2.20. The number of nitrogens with zero attached hydrogens (tertiary/aromatic N) is 3. The minimum atomic E-state index is -0.473. The quantitative estimate of drug-likeness (QED) is 0.874. The molecule has 20 heavy (non-hydrogen) atoms. The van der Waals surface area contributed by atoms with Gasteiger partial charge >= 0.3 is 0 Å². The molecule has 1 aromatic heterocycles. The predicted molar refractivity (Wildman–Crippen MR) is 70.5 cm³/mol. The van der Waals surface area contributed by atoms with Crippen molar-refractivity contribution in [1.82, 2.24) is 20.4 Å². The molecule has 0 aliphatic carbocycles. The monoisotopic (exact) mass is 280 g/mol. The van der Waals surface area contributed by atoms with Crippen molar-refractivity contribution in [2.24, 2.45) is 5.92 Å². The molecule has 2 heterocycles. The van der Waals surface area contributed by atoms with Gasteiger partial charge in [-0.25, -0.2) is 0 Å². The van der Waals surface area contributed by atoms with Crippen molar-refractivity contribution < 1.29 is 14.1 Å². The molecular formula is C13H20N4O3. The number of carbonyl (C=O) groups is 2. The van der Waals surface area contributed by atoms with Crippen LogP contribution in [0.4, 0.5) is 0 Å². The van der Waals surface area contributed by atoms with Crippen molar-refractivity contribution in [3.8, 4) is 0 Å². The van der Waals surface area contributed by atoms with Gasteiger partial charge in [-0.1, -0.05) is 25.4 Å². The number of hydrogen-bond donors (Lipinski definition) is 1. The molecule has 2 atom stereocenters. The van der Waals surface area contributed by atoms with Gasteiger partial charge in [-0.15, -0.1) is 0 Å². The highest BCUT2D eigenvalue weighted by atomic mass is 16.5. The molecule has 1 N–H and O–H groups in total. The molecule has 1 aliphatic rings. The fourth-order valence-electron chi connectivity index (χ4n) is 2.20. The predicted octanol–water partition coefficient (Wildman–Crippen LogP) is 0.641. The number of aryl methyl sites for hydroxylation is 1. The highest BCUT2D eigenvalue weighted by Crippen LogP contribution is 2.16. The Balaban J connectivity index is 2.14. The van der Waals surface area contributed by atoms with Gasteiger partial charge in [-0.2, -0.15) is 4.98 Å². The number of carbonyl (C=O) groups excluding carboxylic acids is 2. The van der Waals surface area contributed by atoms with Crippen molar-refractivity contribution in [1.29, 1.82) is 0 Å². The average molecular weight is 280 g/mol. The van der Waals surface area contributed by atoms with Gasteiger partial charge in [0.05, 0.1) is 0 Å². The van der Waals surface area contributed by atoms with Crippen molar-refractivity contribution in [3.63, 3.8) is 0 Å². The fraction of sp³-hybridized carbons (Fsp3) is 0.692. The number of hydrogen-bond acceptors (Lipinski definition) is 5. The van der Waals surface area contributed by atoms with E-state index in [4.69, 9.17) is 4.52 Å². The van der Waals surface area contributed by atoms with Crippen molar-refractivity contribution in [2.75, 3.05) is 6.54 Å². The first-order valence-electron chi connectivity index (χ1n) is 6.88. The van der Waals surface area contributed by atoms with Crippen LogP contribution in [0.1, 0.15) is 38.4 Å². The third-order valence-corrected chi connectivity index (χ3v) is 3.61. The standard InChI is InChI=1S/C13H20N4O3/c1-4-8(2)12-13(19)17(6-5-10(18)15-12)7-11-14-9(3)16-20-11/h8,12H,4-7H2,1-3H3,(H,15,18). The molecule has 2 rings (SSSR count). The summed E-state index contributed by atoms with van der Waals surface area (Å²) < 4.78 is 5.04. The van der Waals surface area contributed by atoms with Gasteiger partial charge in [-0.3, -0.25) is 9.59 Å². The lowest BCUT2D eigenvalue weighted by molar-refractivity contribution is -0.135. The van der Waals surface area contributed by atoms with Gasteiger partial charge in [0.1, 0.15) is 12.6 Å². The number of aromatic nitrogens is 2. The largest absolute Gasteiger partial charge is 0.344 e. The summed E-state index contributed by atoms with van der Waals surface area (Å²) in [5.41, 5.74) is 0. The average Bonchev–Trinajstić information content (AvgIpc) is 2.78. The maximum absolute atomic E-state index is 12.5. The van der Waals surface area contributed by atoms with E-state index in [9.17, 15) is 9.59 Å². The molecule has 0 saturated carbocycles. The zero-order chi connectivity index (χ0) is 14.7. The first-order chi connectivity index (χ1) is 9.51. The topological polar surface area (TPSA) is 88.3 Å². The number of rotatable bonds is 4. The van der Waals surface area contributed by atoms with Crippen LogP contribution in [0.15, 0.2) is 4.52 Å². The minimum absolute atomic E-state index is 0.0824.